The summed E-state index contributed by atoms with van der Waals surface area (Å²) < 4.78 is 45.9. The molecule has 2 fully saturated rings. The number of halogens is 3. The highest BCUT2D eigenvalue weighted by Gasteiger charge is 2.37. The molecule has 10 nitrogen and oxygen atoms in total. The lowest BCUT2D eigenvalue weighted by Gasteiger charge is -2.37. The molecule has 1 amide bonds. The largest absolute Gasteiger partial charge is 0.421 e. The van der Waals surface area contributed by atoms with Gasteiger partial charge in [0.1, 0.15) is 23.0 Å². The zero-order valence-electron chi connectivity index (χ0n) is 26.1. The third kappa shape index (κ3) is 8.02. The number of amides is 1. The molecule has 2 N–H and O–H groups in total. The van der Waals surface area contributed by atoms with Crippen LogP contribution in [0.5, 0.6) is 0 Å². The molecule has 1 aliphatic carbocycles. The Hall–Kier alpha value is -4.65. The summed E-state index contributed by atoms with van der Waals surface area (Å²) in [5, 5.41) is 6.06. The van der Waals surface area contributed by atoms with Crippen LogP contribution in [0.25, 0.3) is 11.1 Å². The average molecular weight is 647 g/mol. The molecule has 0 unspecified atom stereocenters. The summed E-state index contributed by atoms with van der Waals surface area (Å²) in [7, 11) is 0. The van der Waals surface area contributed by atoms with E-state index in [0.717, 1.165) is 35.1 Å². The van der Waals surface area contributed by atoms with Crippen molar-refractivity contribution < 1.29 is 22.7 Å². The Bertz CT molecular complexity index is 1630. The standard InChI is InChI=1S/C34H37F3N8O2/c1-2-29-38-17-24(18-39-29)23-9-14-30(40-16-23)45(31(46)15-8-22-6-4-3-5-7-22)27-12-10-25(11-13-27)43-33-41-19-28(34(35,36)37)32(44-33)42-26-20-47-21-26/h3-7,9,14,16-19,25-27H,2,8,10-13,15,20-21H2,1H3,(H2,41,42,43,44)/t25-,27-. The summed E-state index contributed by atoms with van der Waals surface area (Å²) >= 11 is 0. The molecule has 13 heteroatoms. The van der Waals surface area contributed by atoms with Crippen molar-refractivity contribution in [3.05, 3.63) is 84.2 Å². The van der Waals surface area contributed by atoms with Crippen molar-refractivity contribution in [3.63, 3.8) is 0 Å². The Balaban J connectivity index is 1.15. The summed E-state index contributed by atoms with van der Waals surface area (Å²) in [6, 6.07) is 13.3. The number of carbonyl (C=O) groups is 1. The van der Waals surface area contributed by atoms with E-state index in [2.05, 4.69) is 30.6 Å². The minimum absolute atomic E-state index is 0.0112. The van der Waals surface area contributed by atoms with E-state index in [0.29, 0.717) is 57.6 Å². The van der Waals surface area contributed by atoms with Gasteiger partial charge in [-0.05, 0) is 49.8 Å². The Kier molecular flexibility index (Phi) is 9.90. The zero-order valence-corrected chi connectivity index (χ0v) is 26.1. The summed E-state index contributed by atoms with van der Waals surface area (Å²) in [5.41, 5.74) is 1.88. The third-order valence-electron chi connectivity index (χ3n) is 8.56. The molecule has 0 bridgehead atoms. The molecule has 47 heavy (non-hydrogen) atoms. The van der Waals surface area contributed by atoms with Crippen LogP contribution in [0.1, 0.15) is 56.0 Å². The quantitative estimate of drug-likeness (QED) is 0.199. The Labute approximate surface area is 271 Å². The van der Waals surface area contributed by atoms with Crippen LogP contribution in [0.2, 0.25) is 0 Å². The molecular formula is C34H37F3N8O2. The molecule has 4 heterocycles. The van der Waals surface area contributed by atoms with E-state index < -0.39 is 11.7 Å². The van der Waals surface area contributed by atoms with E-state index in [1.807, 2.05) is 54.3 Å². The van der Waals surface area contributed by atoms with Crippen LogP contribution < -0.4 is 15.5 Å². The fourth-order valence-corrected chi connectivity index (χ4v) is 5.86. The van der Waals surface area contributed by atoms with Crippen molar-refractivity contribution in [2.75, 3.05) is 28.7 Å². The molecule has 1 aromatic carbocycles. The van der Waals surface area contributed by atoms with Crippen LogP contribution >= 0.6 is 0 Å². The first-order valence-corrected chi connectivity index (χ1v) is 15.9. The molecular weight excluding hydrogens is 609 g/mol. The lowest BCUT2D eigenvalue weighted by molar-refractivity contribution is -0.137. The molecule has 0 radical (unpaired) electrons. The van der Waals surface area contributed by atoms with Gasteiger partial charge < -0.3 is 15.4 Å². The molecule has 3 aromatic heterocycles. The van der Waals surface area contributed by atoms with Gasteiger partial charge in [-0.25, -0.2) is 19.9 Å². The first kappa shape index (κ1) is 32.3. The molecule has 6 rings (SSSR count). The van der Waals surface area contributed by atoms with Crippen LogP contribution in [0, 0.1) is 0 Å². The molecule has 246 valence electrons. The van der Waals surface area contributed by atoms with Gasteiger partial charge in [-0.2, -0.15) is 18.2 Å². The topological polar surface area (TPSA) is 118 Å². The van der Waals surface area contributed by atoms with E-state index in [4.69, 9.17) is 9.72 Å². The Morgan fingerprint density at radius 2 is 1.60 bits per heavy atom. The fraction of sp³-hybridized carbons (Fsp3) is 0.412. The van der Waals surface area contributed by atoms with Gasteiger partial charge in [0.25, 0.3) is 0 Å². The van der Waals surface area contributed by atoms with E-state index >= 15 is 0 Å². The lowest BCUT2D eigenvalue weighted by Crippen LogP contribution is -2.45. The first-order chi connectivity index (χ1) is 22.8. The zero-order chi connectivity index (χ0) is 32.8. The maximum Gasteiger partial charge on any atom is 0.421 e. The minimum Gasteiger partial charge on any atom is -0.377 e. The normalized spacial score (nSPS) is 18.3. The predicted octanol–water partition coefficient (Wildman–Crippen LogP) is 6.11. The molecule has 2 aliphatic rings. The van der Waals surface area contributed by atoms with Gasteiger partial charge in [0.2, 0.25) is 11.9 Å². The second kappa shape index (κ2) is 14.4. The average Bonchev–Trinajstić information content (AvgIpc) is 3.07. The van der Waals surface area contributed by atoms with Crippen molar-refractivity contribution in [2.45, 2.75) is 76.2 Å². The van der Waals surface area contributed by atoms with Crippen LogP contribution in [-0.2, 0) is 28.5 Å². The van der Waals surface area contributed by atoms with E-state index in [9.17, 15) is 18.0 Å². The highest BCUT2D eigenvalue weighted by Crippen LogP contribution is 2.35. The van der Waals surface area contributed by atoms with Crippen LogP contribution in [0.4, 0.5) is 30.8 Å². The van der Waals surface area contributed by atoms with Crippen molar-refractivity contribution in [1.82, 2.24) is 24.9 Å². The predicted molar refractivity (Wildman–Crippen MR) is 172 cm³/mol. The number of hydrogen-bond acceptors (Lipinski definition) is 9. The number of nitrogens with one attached hydrogen (secondary N) is 2. The van der Waals surface area contributed by atoms with Crippen LogP contribution in [0.15, 0.2) is 67.3 Å². The summed E-state index contributed by atoms with van der Waals surface area (Å²) in [6.45, 7) is 2.65. The van der Waals surface area contributed by atoms with Gasteiger partial charge in [-0.15, -0.1) is 0 Å². The van der Waals surface area contributed by atoms with E-state index in [-0.39, 0.29) is 35.8 Å². The van der Waals surface area contributed by atoms with Gasteiger partial charge in [-0.1, -0.05) is 37.3 Å². The van der Waals surface area contributed by atoms with Gasteiger partial charge in [-0.3, -0.25) is 9.69 Å². The van der Waals surface area contributed by atoms with E-state index in [1.54, 1.807) is 18.6 Å². The van der Waals surface area contributed by atoms with Gasteiger partial charge in [0, 0.05) is 60.8 Å². The number of nitrogens with zero attached hydrogens (tertiary/aromatic N) is 6. The number of pyridine rings is 1. The number of anilines is 3. The maximum absolute atomic E-state index is 13.8. The molecule has 4 aromatic rings. The van der Waals surface area contributed by atoms with Crippen LogP contribution in [0.3, 0.4) is 0 Å². The number of hydrogen-bond donors (Lipinski definition) is 2. The first-order valence-electron chi connectivity index (χ1n) is 15.9. The number of carbonyl (C=O) groups excluding carboxylic acids is 1. The number of ether oxygens (including phenoxy) is 1. The monoisotopic (exact) mass is 646 g/mol. The molecule has 1 aliphatic heterocycles. The number of rotatable bonds is 11. The summed E-state index contributed by atoms with van der Waals surface area (Å²) in [5.74, 6) is 1.21. The molecule has 1 saturated heterocycles. The highest BCUT2D eigenvalue weighted by molar-refractivity contribution is 5.93. The molecule has 1 saturated carbocycles. The third-order valence-corrected chi connectivity index (χ3v) is 8.56. The van der Waals surface area contributed by atoms with Gasteiger partial charge in [0.05, 0.1) is 19.3 Å². The molecule has 0 spiro atoms. The number of aromatic nitrogens is 5. The Morgan fingerprint density at radius 1 is 0.872 bits per heavy atom. The van der Waals surface area contributed by atoms with E-state index in [1.165, 1.54) is 0 Å². The SMILES string of the molecule is CCc1ncc(-c2ccc(N(C(=O)CCc3ccccc3)[C@H]3CC[C@H](Nc4ncc(C(F)(F)F)c(NC5COC5)n4)CC3)nc2)cn1. The lowest BCUT2D eigenvalue weighted by atomic mass is 9.89. The van der Waals surface area contributed by atoms with Crippen molar-refractivity contribution in [2.24, 2.45) is 0 Å². The van der Waals surface area contributed by atoms with Crippen molar-refractivity contribution >= 4 is 23.5 Å². The molecule has 0 atom stereocenters. The minimum atomic E-state index is -4.58. The highest BCUT2D eigenvalue weighted by atomic mass is 19.4. The second-order valence-electron chi connectivity index (χ2n) is 11.9. The van der Waals surface area contributed by atoms with Crippen LogP contribution in [-0.4, -0.2) is 62.2 Å². The maximum atomic E-state index is 13.8. The van der Waals surface area contributed by atoms with Gasteiger partial charge in [0.15, 0.2) is 0 Å². The summed E-state index contributed by atoms with van der Waals surface area (Å²) in [6.07, 6.45) is 5.93. The smallest absolute Gasteiger partial charge is 0.377 e. The number of benzene rings is 1. The summed E-state index contributed by atoms with van der Waals surface area (Å²) in [4.78, 5) is 37.3. The second-order valence-corrected chi connectivity index (χ2v) is 11.9. The number of alkyl halides is 3. The van der Waals surface area contributed by atoms with Crippen molar-refractivity contribution in [1.29, 1.82) is 0 Å². The van der Waals surface area contributed by atoms with Crippen molar-refractivity contribution in [3.8, 4) is 11.1 Å². The Morgan fingerprint density at radius 3 is 2.21 bits per heavy atom. The van der Waals surface area contributed by atoms with Gasteiger partial charge >= 0.3 is 6.18 Å². The number of aryl methyl sites for hydroxylation is 2. The fourth-order valence-electron chi connectivity index (χ4n) is 5.86.